The molecular weight excluding hydrogens is 376 g/mol. The second-order valence-electron chi connectivity index (χ2n) is 15.0. The van der Waals surface area contributed by atoms with E-state index in [-0.39, 0.29) is 5.41 Å². The molecule has 5 aliphatic rings. The van der Waals surface area contributed by atoms with Gasteiger partial charge in [0.05, 0.1) is 0 Å². The van der Waals surface area contributed by atoms with Crippen molar-refractivity contribution in [3.8, 4) is 0 Å². The maximum Gasteiger partial charge on any atom is 0.138 e. The highest BCUT2D eigenvalue weighted by Gasteiger charge is 2.67. The third kappa shape index (κ3) is 2.70. The van der Waals surface area contributed by atoms with Crippen LogP contribution in [0.3, 0.4) is 0 Å². The van der Waals surface area contributed by atoms with Crippen molar-refractivity contribution in [1.29, 1.82) is 0 Å². The summed E-state index contributed by atoms with van der Waals surface area (Å²) >= 11 is 0. The molecule has 4 saturated carbocycles. The zero-order chi connectivity index (χ0) is 22.7. The maximum absolute atomic E-state index is 12.9. The maximum atomic E-state index is 12.9. The Morgan fingerprint density at radius 2 is 1.48 bits per heavy atom. The fourth-order valence-electron chi connectivity index (χ4n) is 10.3. The van der Waals surface area contributed by atoms with Gasteiger partial charge in [-0.25, -0.2) is 0 Å². The summed E-state index contributed by atoms with van der Waals surface area (Å²) in [6, 6.07) is 0. The number of ketones is 1. The molecule has 0 aromatic carbocycles. The second kappa shape index (κ2) is 6.29. The average molecular weight is 425 g/mol. The van der Waals surface area contributed by atoms with Gasteiger partial charge in [0.1, 0.15) is 5.78 Å². The van der Waals surface area contributed by atoms with E-state index < -0.39 is 0 Å². The summed E-state index contributed by atoms with van der Waals surface area (Å²) in [6.07, 6.45) is 15.5. The Balaban J connectivity index is 1.58. The van der Waals surface area contributed by atoms with Crippen molar-refractivity contribution in [2.45, 2.75) is 120 Å². The Bertz CT molecular complexity index is 831. The number of hydrogen-bond acceptors (Lipinski definition) is 1. The van der Waals surface area contributed by atoms with Crippen molar-refractivity contribution < 1.29 is 4.79 Å². The van der Waals surface area contributed by atoms with Crippen LogP contribution in [0.25, 0.3) is 0 Å². The number of fused-ring (bicyclic) bond motifs is 7. The molecule has 1 nitrogen and oxygen atoms in total. The van der Waals surface area contributed by atoms with Crippen molar-refractivity contribution in [3.05, 3.63) is 11.6 Å². The number of hydrogen-bond donors (Lipinski definition) is 0. The lowest BCUT2D eigenvalue weighted by Gasteiger charge is -2.70. The van der Waals surface area contributed by atoms with Crippen molar-refractivity contribution in [3.63, 3.8) is 0 Å². The minimum atomic E-state index is -0.141. The molecule has 5 aliphatic carbocycles. The average Bonchev–Trinajstić information content (AvgIpc) is 2.67. The predicted octanol–water partition coefficient (Wildman–Crippen LogP) is 8.38. The zero-order valence-electron chi connectivity index (χ0n) is 21.8. The Kier molecular flexibility index (Phi) is 4.51. The van der Waals surface area contributed by atoms with Crippen LogP contribution in [0.4, 0.5) is 0 Å². The summed E-state index contributed by atoms with van der Waals surface area (Å²) in [5, 5.41) is 0. The lowest BCUT2D eigenvalue weighted by atomic mass is 9.34. The van der Waals surface area contributed by atoms with Crippen LogP contribution in [-0.2, 0) is 4.79 Å². The Labute approximate surface area is 192 Å². The van der Waals surface area contributed by atoms with Crippen LogP contribution in [-0.4, -0.2) is 5.78 Å². The molecule has 174 valence electrons. The molecule has 0 heterocycles. The van der Waals surface area contributed by atoms with Gasteiger partial charge in [0, 0.05) is 11.8 Å². The molecule has 0 N–H and O–H groups in total. The normalized spacial score (nSPS) is 52.8. The summed E-state index contributed by atoms with van der Waals surface area (Å²) < 4.78 is 0. The monoisotopic (exact) mass is 424 g/mol. The standard InChI is InChI=1S/C30H48O/c1-25(2)15-16-27(5)17-18-29(7)20(21(27)19-25)9-10-23-28(6)13-12-24(31)26(3,4)22(28)11-14-30(23,29)8/h9,21-23H,10-19H2,1-8H3/t21-,22?,23?,27+,28-,29-,30+/m0/s1. The second-order valence-corrected chi connectivity index (χ2v) is 15.0. The Morgan fingerprint density at radius 1 is 0.806 bits per heavy atom. The highest BCUT2D eigenvalue weighted by atomic mass is 16.1. The van der Waals surface area contributed by atoms with Gasteiger partial charge in [-0.3, -0.25) is 4.79 Å². The fourth-order valence-corrected chi connectivity index (χ4v) is 10.3. The van der Waals surface area contributed by atoms with E-state index in [9.17, 15) is 4.79 Å². The Hall–Kier alpha value is -0.590. The molecule has 0 aliphatic heterocycles. The minimum Gasteiger partial charge on any atom is -0.299 e. The first kappa shape index (κ1) is 22.2. The van der Waals surface area contributed by atoms with Crippen molar-refractivity contribution in [2.24, 2.45) is 50.2 Å². The van der Waals surface area contributed by atoms with Crippen molar-refractivity contribution in [1.82, 2.24) is 0 Å². The molecule has 0 aromatic heterocycles. The van der Waals surface area contributed by atoms with E-state index in [0.29, 0.717) is 38.8 Å². The largest absolute Gasteiger partial charge is 0.299 e. The minimum absolute atomic E-state index is 0.141. The molecule has 1 heteroatoms. The highest BCUT2D eigenvalue weighted by molar-refractivity contribution is 5.85. The van der Waals surface area contributed by atoms with Gasteiger partial charge in [-0.1, -0.05) is 67.0 Å². The first-order chi connectivity index (χ1) is 14.2. The highest BCUT2D eigenvalue weighted by Crippen LogP contribution is 2.75. The van der Waals surface area contributed by atoms with Crippen LogP contribution in [0, 0.1) is 50.2 Å². The number of allylic oxidation sites excluding steroid dienone is 2. The number of rotatable bonds is 0. The van der Waals surface area contributed by atoms with Gasteiger partial charge >= 0.3 is 0 Å². The van der Waals surface area contributed by atoms with Gasteiger partial charge in [0.25, 0.3) is 0 Å². The summed E-state index contributed by atoms with van der Waals surface area (Å²) in [5.74, 6) is 2.58. The molecule has 5 rings (SSSR count). The molecule has 2 unspecified atom stereocenters. The van der Waals surface area contributed by atoms with E-state index >= 15 is 0 Å². The van der Waals surface area contributed by atoms with Crippen LogP contribution in [0.15, 0.2) is 11.6 Å². The van der Waals surface area contributed by atoms with Crippen molar-refractivity contribution in [2.75, 3.05) is 0 Å². The molecule has 0 aromatic rings. The number of carbonyl (C=O) groups is 1. The smallest absolute Gasteiger partial charge is 0.138 e. The van der Waals surface area contributed by atoms with Crippen LogP contribution in [0.2, 0.25) is 0 Å². The fraction of sp³-hybridized carbons (Fsp3) is 0.900. The predicted molar refractivity (Wildman–Crippen MR) is 130 cm³/mol. The molecular formula is C30H48O. The molecule has 7 atom stereocenters. The zero-order valence-corrected chi connectivity index (χ0v) is 21.8. The van der Waals surface area contributed by atoms with Gasteiger partial charge in [-0.15, -0.1) is 0 Å². The third-order valence-electron chi connectivity index (χ3n) is 12.8. The van der Waals surface area contributed by atoms with E-state index in [1.165, 1.54) is 51.4 Å². The molecule has 0 amide bonds. The molecule has 0 radical (unpaired) electrons. The summed E-state index contributed by atoms with van der Waals surface area (Å²) in [4.78, 5) is 12.9. The van der Waals surface area contributed by atoms with E-state index in [0.717, 1.165) is 24.7 Å². The number of Topliss-reactive ketones (excluding diaryl/α,β-unsaturated/α-hetero) is 1. The summed E-state index contributed by atoms with van der Waals surface area (Å²) in [5.41, 5.74) is 3.75. The summed E-state index contributed by atoms with van der Waals surface area (Å²) in [7, 11) is 0. The first-order valence-electron chi connectivity index (χ1n) is 13.4. The van der Waals surface area contributed by atoms with E-state index in [1.807, 2.05) is 5.57 Å². The lowest BCUT2D eigenvalue weighted by molar-refractivity contribution is -0.184. The van der Waals surface area contributed by atoms with E-state index in [4.69, 9.17) is 0 Å². The van der Waals surface area contributed by atoms with E-state index in [2.05, 4.69) is 61.5 Å². The first-order valence-corrected chi connectivity index (χ1v) is 13.4. The molecule has 0 bridgehead atoms. The SMILES string of the molecule is CC1(C)CC[C@]2(C)CC[C@@]3(C)C(=CCC4[C@@]5(C)CCC(=O)C(C)(C)C5CC[C@]43C)[C@@H]2C1. The molecule has 31 heavy (non-hydrogen) atoms. The van der Waals surface area contributed by atoms with Gasteiger partial charge in [0.2, 0.25) is 0 Å². The van der Waals surface area contributed by atoms with Gasteiger partial charge in [0.15, 0.2) is 0 Å². The van der Waals surface area contributed by atoms with Gasteiger partial charge in [-0.2, -0.15) is 0 Å². The quantitative estimate of drug-likeness (QED) is 0.357. The van der Waals surface area contributed by atoms with Crippen LogP contribution < -0.4 is 0 Å². The third-order valence-corrected chi connectivity index (χ3v) is 12.8. The molecule has 0 saturated heterocycles. The summed E-state index contributed by atoms with van der Waals surface area (Å²) in [6.45, 7) is 20.1. The van der Waals surface area contributed by atoms with Crippen LogP contribution in [0.1, 0.15) is 120 Å². The van der Waals surface area contributed by atoms with Crippen molar-refractivity contribution >= 4 is 5.78 Å². The molecule has 0 spiro atoms. The molecule has 4 fully saturated rings. The number of carbonyl (C=O) groups excluding carboxylic acids is 1. The van der Waals surface area contributed by atoms with Gasteiger partial charge < -0.3 is 0 Å². The Morgan fingerprint density at radius 3 is 2.19 bits per heavy atom. The van der Waals surface area contributed by atoms with Crippen LogP contribution in [0.5, 0.6) is 0 Å². The van der Waals surface area contributed by atoms with Crippen LogP contribution >= 0.6 is 0 Å². The topological polar surface area (TPSA) is 17.1 Å². The van der Waals surface area contributed by atoms with E-state index in [1.54, 1.807) is 0 Å². The lowest BCUT2D eigenvalue weighted by Crippen LogP contribution is -2.64. The van der Waals surface area contributed by atoms with Gasteiger partial charge in [-0.05, 0) is 103 Å².